The molecule has 21 heavy (non-hydrogen) atoms. The first-order chi connectivity index (χ1) is 10.4. The average Bonchev–Trinajstić information content (AvgIpc) is 3.17. The third-order valence-electron chi connectivity index (χ3n) is 4.04. The van der Waals surface area contributed by atoms with E-state index in [0.29, 0.717) is 6.04 Å². The van der Waals surface area contributed by atoms with Gasteiger partial charge in [0.1, 0.15) is 12.1 Å². The quantitative estimate of drug-likeness (QED) is 0.800. The summed E-state index contributed by atoms with van der Waals surface area (Å²) in [6.07, 6.45) is 6.88. The van der Waals surface area contributed by atoms with E-state index in [0.717, 1.165) is 22.9 Å². The number of nitrogens with zero attached hydrogens (tertiary/aromatic N) is 4. The summed E-state index contributed by atoms with van der Waals surface area (Å²) in [5, 5.41) is 12.0. The van der Waals surface area contributed by atoms with Gasteiger partial charge in [0, 0.05) is 17.7 Å². The second-order valence-electron chi connectivity index (χ2n) is 5.52. The van der Waals surface area contributed by atoms with Crippen LogP contribution in [0.4, 0.5) is 5.82 Å². The predicted octanol–water partition coefficient (Wildman–Crippen LogP) is 3.15. The van der Waals surface area contributed by atoms with Crippen molar-refractivity contribution in [1.82, 2.24) is 19.6 Å². The van der Waals surface area contributed by atoms with Crippen molar-refractivity contribution >= 4 is 11.5 Å². The zero-order valence-corrected chi connectivity index (χ0v) is 11.7. The van der Waals surface area contributed by atoms with Gasteiger partial charge < -0.3 is 5.32 Å². The summed E-state index contributed by atoms with van der Waals surface area (Å²) < 4.78 is 1.93. The third-order valence-corrected chi connectivity index (χ3v) is 4.04. The highest BCUT2D eigenvalue weighted by Crippen LogP contribution is 2.23. The highest BCUT2D eigenvalue weighted by Gasteiger charge is 2.16. The molecule has 1 N–H and O–H groups in total. The Morgan fingerprint density at radius 1 is 1.05 bits per heavy atom. The fraction of sp³-hybridized carbons (Fsp3) is 0.312. The smallest absolute Gasteiger partial charge is 0.169 e. The number of aromatic nitrogens is 4. The maximum Gasteiger partial charge on any atom is 0.169 e. The fourth-order valence-electron chi connectivity index (χ4n) is 2.94. The van der Waals surface area contributed by atoms with E-state index >= 15 is 0 Å². The van der Waals surface area contributed by atoms with Crippen molar-refractivity contribution in [3.63, 3.8) is 0 Å². The summed E-state index contributed by atoms with van der Waals surface area (Å²) in [4.78, 5) is 4.50. The van der Waals surface area contributed by atoms with E-state index in [-0.39, 0.29) is 0 Å². The molecule has 0 saturated heterocycles. The number of hydrogen-bond donors (Lipinski definition) is 1. The molecule has 106 valence electrons. The molecule has 0 unspecified atom stereocenters. The van der Waals surface area contributed by atoms with Crippen LogP contribution in [-0.4, -0.2) is 25.6 Å². The number of anilines is 1. The van der Waals surface area contributed by atoms with Gasteiger partial charge in [-0.05, 0) is 12.8 Å². The summed E-state index contributed by atoms with van der Waals surface area (Å²) in [6, 6.07) is 12.6. The number of rotatable bonds is 3. The van der Waals surface area contributed by atoms with Gasteiger partial charge in [0.25, 0.3) is 0 Å². The minimum absolute atomic E-state index is 0.552. The summed E-state index contributed by atoms with van der Waals surface area (Å²) in [6.45, 7) is 0. The summed E-state index contributed by atoms with van der Waals surface area (Å²) in [5.74, 6) is 1.71. The van der Waals surface area contributed by atoms with Crippen molar-refractivity contribution in [3.05, 3.63) is 42.7 Å². The van der Waals surface area contributed by atoms with Crippen molar-refractivity contribution in [3.8, 4) is 11.4 Å². The first-order valence-electron chi connectivity index (χ1n) is 7.43. The van der Waals surface area contributed by atoms with Gasteiger partial charge in [0.05, 0.1) is 0 Å². The van der Waals surface area contributed by atoms with Gasteiger partial charge in [0.15, 0.2) is 11.5 Å². The standard InChI is InChI=1S/C16H17N5/c1-2-6-12(7-3-1)16-20-19-15-10-14(17-11-21(15)16)18-13-8-4-5-9-13/h1-3,6-7,10-11,13,18H,4-5,8-9H2. The Bertz CT molecular complexity index is 744. The molecule has 1 saturated carbocycles. The van der Waals surface area contributed by atoms with E-state index in [4.69, 9.17) is 0 Å². The second kappa shape index (κ2) is 5.16. The lowest BCUT2D eigenvalue weighted by molar-refractivity contribution is 0.749. The van der Waals surface area contributed by atoms with Crippen LogP contribution in [-0.2, 0) is 0 Å². The molecule has 0 spiro atoms. The number of fused-ring (bicyclic) bond motifs is 1. The number of nitrogens with one attached hydrogen (secondary N) is 1. The molecular weight excluding hydrogens is 262 g/mol. The monoisotopic (exact) mass is 279 g/mol. The van der Waals surface area contributed by atoms with Gasteiger partial charge in [-0.25, -0.2) is 4.98 Å². The van der Waals surface area contributed by atoms with Crippen molar-refractivity contribution in [2.75, 3.05) is 5.32 Å². The molecule has 5 heteroatoms. The molecule has 0 aliphatic heterocycles. The third kappa shape index (κ3) is 2.35. The van der Waals surface area contributed by atoms with Gasteiger partial charge in [-0.15, -0.1) is 10.2 Å². The molecule has 2 heterocycles. The van der Waals surface area contributed by atoms with Gasteiger partial charge >= 0.3 is 0 Å². The number of hydrogen-bond acceptors (Lipinski definition) is 4. The predicted molar refractivity (Wildman–Crippen MR) is 82.1 cm³/mol. The Kier molecular flexibility index (Phi) is 3.03. The first-order valence-corrected chi connectivity index (χ1v) is 7.43. The van der Waals surface area contributed by atoms with Crippen molar-refractivity contribution < 1.29 is 0 Å². The van der Waals surface area contributed by atoms with Crippen LogP contribution in [0.15, 0.2) is 42.7 Å². The Morgan fingerprint density at radius 2 is 1.86 bits per heavy atom. The Labute approximate surface area is 123 Å². The van der Waals surface area contributed by atoms with Crippen LogP contribution < -0.4 is 5.32 Å². The Balaban J connectivity index is 1.67. The van der Waals surface area contributed by atoms with Crippen LogP contribution in [0.2, 0.25) is 0 Å². The normalized spacial score (nSPS) is 15.6. The van der Waals surface area contributed by atoms with Crippen LogP contribution >= 0.6 is 0 Å². The first kappa shape index (κ1) is 12.3. The van der Waals surface area contributed by atoms with Crippen LogP contribution in [0.5, 0.6) is 0 Å². The molecule has 1 aliphatic carbocycles. The highest BCUT2D eigenvalue weighted by atomic mass is 15.3. The molecule has 0 atom stereocenters. The Hall–Kier alpha value is -2.43. The lowest BCUT2D eigenvalue weighted by atomic mass is 10.2. The maximum atomic E-state index is 4.50. The van der Waals surface area contributed by atoms with Crippen LogP contribution in [0, 0.1) is 0 Å². The molecule has 0 radical (unpaired) electrons. The van der Waals surface area contributed by atoms with Crippen LogP contribution in [0.25, 0.3) is 17.0 Å². The zero-order chi connectivity index (χ0) is 14.1. The minimum atomic E-state index is 0.552. The molecule has 0 amide bonds. The lowest BCUT2D eigenvalue weighted by Crippen LogP contribution is -2.15. The molecule has 2 aromatic heterocycles. The molecule has 5 nitrogen and oxygen atoms in total. The molecule has 1 aliphatic rings. The van der Waals surface area contributed by atoms with Crippen molar-refractivity contribution in [2.45, 2.75) is 31.7 Å². The molecule has 4 rings (SSSR count). The van der Waals surface area contributed by atoms with Gasteiger partial charge in [0.2, 0.25) is 0 Å². The van der Waals surface area contributed by atoms with E-state index in [1.165, 1.54) is 25.7 Å². The maximum absolute atomic E-state index is 4.50. The van der Waals surface area contributed by atoms with Gasteiger partial charge in [-0.3, -0.25) is 4.40 Å². The van der Waals surface area contributed by atoms with Gasteiger partial charge in [-0.1, -0.05) is 43.2 Å². The van der Waals surface area contributed by atoms with E-state index in [1.54, 1.807) is 6.33 Å². The summed E-state index contributed by atoms with van der Waals surface area (Å²) in [7, 11) is 0. The summed E-state index contributed by atoms with van der Waals surface area (Å²) >= 11 is 0. The van der Waals surface area contributed by atoms with E-state index in [9.17, 15) is 0 Å². The minimum Gasteiger partial charge on any atom is -0.367 e. The second-order valence-corrected chi connectivity index (χ2v) is 5.52. The zero-order valence-electron chi connectivity index (χ0n) is 11.7. The van der Waals surface area contributed by atoms with E-state index in [2.05, 4.69) is 20.5 Å². The lowest BCUT2D eigenvalue weighted by Gasteiger charge is -2.12. The molecule has 0 bridgehead atoms. The van der Waals surface area contributed by atoms with E-state index in [1.807, 2.05) is 40.8 Å². The number of benzene rings is 1. The SMILES string of the molecule is c1ccc(-c2nnc3cc(NC4CCCC4)ncn23)cc1. The Morgan fingerprint density at radius 3 is 2.67 bits per heavy atom. The van der Waals surface area contributed by atoms with E-state index < -0.39 is 0 Å². The van der Waals surface area contributed by atoms with Gasteiger partial charge in [-0.2, -0.15) is 0 Å². The topological polar surface area (TPSA) is 55.1 Å². The van der Waals surface area contributed by atoms with Crippen molar-refractivity contribution in [2.24, 2.45) is 0 Å². The largest absolute Gasteiger partial charge is 0.367 e. The van der Waals surface area contributed by atoms with Crippen LogP contribution in [0.3, 0.4) is 0 Å². The molecule has 3 aromatic rings. The fourth-order valence-corrected chi connectivity index (χ4v) is 2.94. The average molecular weight is 279 g/mol. The summed E-state index contributed by atoms with van der Waals surface area (Å²) in [5.41, 5.74) is 1.87. The molecule has 1 fully saturated rings. The molecule has 1 aromatic carbocycles. The highest BCUT2D eigenvalue weighted by molar-refractivity contribution is 5.60. The van der Waals surface area contributed by atoms with Crippen molar-refractivity contribution in [1.29, 1.82) is 0 Å². The van der Waals surface area contributed by atoms with Crippen LogP contribution in [0.1, 0.15) is 25.7 Å². The molecular formula is C16H17N5.